The van der Waals surface area contributed by atoms with Gasteiger partial charge in [-0.2, -0.15) is 0 Å². The minimum atomic E-state index is -0.780. The van der Waals surface area contributed by atoms with Gasteiger partial charge in [0.25, 0.3) is 5.91 Å². The highest BCUT2D eigenvalue weighted by Crippen LogP contribution is 2.26. The number of carbonyl (C=O) groups excluding carboxylic acids is 1. The van der Waals surface area contributed by atoms with Gasteiger partial charge in [0.15, 0.2) is 0 Å². The van der Waals surface area contributed by atoms with E-state index in [1.807, 2.05) is 0 Å². The molecule has 1 saturated carbocycles. The molecule has 158 valence electrons. The van der Waals surface area contributed by atoms with Crippen LogP contribution in [0.4, 0.5) is 0 Å². The lowest BCUT2D eigenvalue weighted by atomic mass is 9.86. The Morgan fingerprint density at radius 1 is 1.20 bits per heavy atom. The summed E-state index contributed by atoms with van der Waals surface area (Å²) in [5.41, 5.74) is 7.58. The summed E-state index contributed by atoms with van der Waals surface area (Å²) in [5, 5.41) is 27.8. The van der Waals surface area contributed by atoms with Crippen LogP contribution in [0.1, 0.15) is 48.5 Å². The molecule has 0 unspecified atom stereocenters. The molecule has 30 heavy (non-hydrogen) atoms. The van der Waals surface area contributed by atoms with Crippen LogP contribution in [0.2, 0.25) is 0 Å². The molecule has 9 nitrogen and oxygen atoms in total. The van der Waals surface area contributed by atoms with E-state index < -0.39 is 5.97 Å². The van der Waals surface area contributed by atoms with E-state index in [9.17, 15) is 9.59 Å². The first-order chi connectivity index (χ1) is 14.4. The highest BCUT2D eigenvalue weighted by molar-refractivity contribution is 5.98. The third-order valence-corrected chi connectivity index (χ3v) is 5.19. The summed E-state index contributed by atoms with van der Waals surface area (Å²) in [6.45, 7) is 2.14. The van der Waals surface area contributed by atoms with Crippen molar-refractivity contribution in [3.8, 4) is 17.1 Å². The molecule has 1 aromatic heterocycles. The molecule has 1 aromatic carbocycles. The molecule has 0 radical (unpaired) electrons. The van der Waals surface area contributed by atoms with E-state index in [2.05, 4.69) is 15.5 Å². The molecule has 1 amide bonds. The lowest BCUT2D eigenvalue weighted by molar-refractivity contribution is -0.142. The van der Waals surface area contributed by atoms with Crippen LogP contribution in [-0.2, 0) is 4.79 Å². The van der Waals surface area contributed by atoms with Crippen molar-refractivity contribution in [1.82, 2.24) is 15.5 Å². The summed E-state index contributed by atoms with van der Waals surface area (Å²) in [5.74, 6) is -1.33. The maximum Gasteiger partial charge on any atom is 0.306 e. The largest absolute Gasteiger partial charge is 0.481 e. The molecule has 2 aromatic rings. The van der Waals surface area contributed by atoms with Crippen molar-refractivity contribution in [3.05, 3.63) is 41.5 Å². The number of hydrogen-bond donors (Lipinski definition) is 4. The van der Waals surface area contributed by atoms with Gasteiger partial charge in [-0.15, -0.1) is 10.2 Å². The molecule has 0 bridgehead atoms. The minimum Gasteiger partial charge on any atom is -0.481 e. The fourth-order valence-electron chi connectivity index (χ4n) is 3.50. The Morgan fingerprint density at radius 3 is 2.43 bits per heavy atom. The molecular formula is C21H25N5O4. The number of carboxylic acids is 1. The van der Waals surface area contributed by atoms with Crippen LogP contribution in [0.5, 0.6) is 5.88 Å². The average molecular weight is 411 g/mol. The van der Waals surface area contributed by atoms with Gasteiger partial charge in [-0.05, 0) is 38.7 Å². The van der Waals surface area contributed by atoms with Gasteiger partial charge in [0.1, 0.15) is 11.4 Å². The number of nitrogens with two attached hydrogens (primary N) is 1. The molecule has 9 heteroatoms. The van der Waals surface area contributed by atoms with Gasteiger partial charge in [-0.3, -0.25) is 15.0 Å². The van der Waals surface area contributed by atoms with E-state index in [0.29, 0.717) is 43.5 Å². The molecule has 3 rings (SSSR count). The van der Waals surface area contributed by atoms with Crippen molar-refractivity contribution in [2.75, 3.05) is 6.61 Å². The Kier molecular flexibility index (Phi) is 6.61. The summed E-state index contributed by atoms with van der Waals surface area (Å²) in [6, 6.07) is 8.46. The molecule has 1 fully saturated rings. The number of amidine groups is 1. The van der Waals surface area contributed by atoms with E-state index in [1.54, 1.807) is 37.3 Å². The van der Waals surface area contributed by atoms with Gasteiger partial charge in [-0.1, -0.05) is 24.3 Å². The second-order valence-electron chi connectivity index (χ2n) is 7.23. The van der Waals surface area contributed by atoms with Crippen molar-refractivity contribution in [2.45, 2.75) is 38.6 Å². The zero-order valence-electron chi connectivity index (χ0n) is 16.7. The fourth-order valence-corrected chi connectivity index (χ4v) is 3.50. The molecule has 0 aliphatic heterocycles. The molecule has 5 N–H and O–H groups in total. The Hall–Kier alpha value is -3.49. The van der Waals surface area contributed by atoms with E-state index in [0.717, 1.165) is 5.56 Å². The Labute approximate surface area is 174 Å². The van der Waals surface area contributed by atoms with Crippen LogP contribution in [0.3, 0.4) is 0 Å². The highest BCUT2D eigenvalue weighted by Gasteiger charge is 2.28. The molecule has 0 atom stereocenters. The Morgan fingerprint density at radius 2 is 1.87 bits per heavy atom. The zero-order valence-corrected chi connectivity index (χ0v) is 16.7. The number of nitrogens with one attached hydrogen (secondary N) is 2. The summed E-state index contributed by atoms with van der Waals surface area (Å²) in [7, 11) is 0. The molecule has 0 spiro atoms. The van der Waals surface area contributed by atoms with Crippen LogP contribution >= 0.6 is 0 Å². The molecule has 0 saturated heterocycles. The van der Waals surface area contributed by atoms with Crippen molar-refractivity contribution < 1.29 is 19.4 Å². The van der Waals surface area contributed by atoms with E-state index >= 15 is 0 Å². The lowest BCUT2D eigenvalue weighted by Crippen LogP contribution is -2.39. The van der Waals surface area contributed by atoms with Gasteiger partial charge in [0, 0.05) is 17.2 Å². The summed E-state index contributed by atoms with van der Waals surface area (Å²) in [4.78, 5) is 24.0. The monoisotopic (exact) mass is 411 g/mol. The van der Waals surface area contributed by atoms with Gasteiger partial charge >= 0.3 is 5.97 Å². The van der Waals surface area contributed by atoms with Crippen LogP contribution in [0, 0.1) is 11.3 Å². The van der Waals surface area contributed by atoms with Gasteiger partial charge in [0.2, 0.25) is 5.88 Å². The summed E-state index contributed by atoms with van der Waals surface area (Å²) >= 11 is 0. The van der Waals surface area contributed by atoms with Crippen LogP contribution in [-0.4, -0.2) is 45.7 Å². The Bertz CT molecular complexity index is 937. The molecule has 1 heterocycles. The first kappa shape index (κ1) is 21.2. The minimum absolute atomic E-state index is 0.0305. The van der Waals surface area contributed by atoms with E-state index in [-0.39, 0.29) is 35.1 Å². The number of nitrogens with zero attached hydrogens (tertiary/aromatic N) is 2. The number of aromatic nitrogens is 2. The van der Waals surface area contributed by atoms with Gasteiger partial charge < -0.3 is 20.9 Å². The maximum absolute atomic E-state index is 12.9. The second-order valence-corrected chi connectivity index (χ2v) is 7.23. The van der Waals surface area contributed by atoms with Crippen LogP contribution < -0.4 is 15.8 Å². The number of hydrogen-bond acceptors (Lipinski definition) is 6. The number of aliphatic carboxylic acids is 1. The smallest absolute Gasteiger partial charge is 0.306 e. The standard InChI is InChI=1S/C21H25N5O4/c1-2-30-20-16(19(27)24-15-9-7-14(8-10-15)21(28)29)11-17(25-26-20)12-3-5-13(6-4-12)18(22)23/h3-6,11,14-15H,2,7-10H2,1H3,(H3,22,23)(H,24,27)(H,28,29)/t14-,15-. The van der Waals surface area contributed by atoms with Gasteiger partial charge in [0.05, 0.1) is 18.2 Å². The number of ether oxygens (including phenoxy) is 1. The van der Waals surface area contributed by atoms with Crippen molar-refractivity contribution >= 4 is 17.7 Å². The SMILES string of the molecule is CCOc1nnc(-c2ccc(C(=N)N)cc2)cc1C(=O)N[C@H]1CC[C@H](C(=O)O)CC1. The lowest BCUT2D eigenvalue weighted by Gasteiger charge is -2.27. The van der Waals surface area contributed by atoms with E-state index in [4.69, 9.17) is 21.0 Å². The van der Waals surface area contributed by atoms with Crippen LogP contribution in [0.25, 0.3) is 11.3 Å². The van der Waals surface area contributed by atoms with Crippen LogP contribution in [0.15, 0.2) is 30.3 Å². The zero-order chi connectivity index (χ0) is 21.7. The fraction of sp³-hybridized carbons (Fsp3) is 0.381. The summed E-state index contributed by atoms with van der Waals surface area (Å²) in [6.07, 6.45) is 2.32. The average Bonchev–Trinajstić information content (AvgIpc) is 2.74. The summed E-state index contributed by atoms with van der Waals surface area (Å²) < 4.78 is 5.48. The predicted octanol–water partition coefficient (Wildman–Crippen LogP) is 2.20. The number of carboxylic acid groups (broad SMARTS) is 1. The van der Waals surface area contributed by atoms with Crippen molar-refractivity contribution in [1.29, 1.82) is 5.41 Å². The number of amides is 1. The third-order valence-electron chi connectivity index (χ3n) is 5.19. The third kappa shape index (κ3) is 4.91. The maximum atomic E-state index is 12.9. The molecule has 1 aliphatic carbocycles. The van der Waals surface area contributed by atoms with Crippen molar-refractivity contribution in [3.63, 3.8) is 0 Å². The van der Waals surface area contributed by atoms with Gasteiger partial charge in [-0.25, -0.2) is 0 Å². The quantitative estimate of drug-likeness (QED) is 0.403. The molecular weight excluding hydrogens is 386 g/mol. The number of benzene rings is 1. The normalized spacial score (nSPS) is 18.4. The number of rotatable bonds is 7. The second kappa shape index (κ2) is 9.34. The molecule has 1 aliphatic rings. The number of carbonyl (C=O) groups is 2. The first-order valence-electron chi connectivity index (χ1n) is 9.88. The first-order valence-corrected chi connectivity index (χ1v) is 9.88. The van der Waals surface area contributed by atoms with Crippen molar-refractivity contribution in [2.24, 2.45) is 11.7 Å². The predicted molar refractivity (Wildman–Crippen MR) is 111 cm³/mol. The highest BCUT2D eigenvalue weighted by atomic mass is 16.5. The van der Waals surface area contributed by atoms with E-state index in [1.165, 1.54) is 0 Å². The Balaban J connectivity index is 1.79. The number of nitrogen functional groups attached to an aromatic ring is 1. The topological polar surface area (TPSA) is 151 Å².